The molecule has 0 radical (unpaired) electrons. The van der Waals surface area contributed by atoms with Crippen LogP contribution in [-0.2, 0) is 0 Å². The monoisotopic (exact) mass is 227 g/mol. The molecule has 1 rings (SSSR count). The maximum atomic E-state index is 13.4. The van der Waals surface area contributed by atoms with E-state index in [9.17, 15) is 8.78 Å². The van der Waals surface area contributed by atoms with Gasteiger partial charge in [0, 0.05) is 0 Å². The van der Waals surface area contributed by atoms with E-state index in [2.05, 4.69) is 12.2 Å². The largest absolute Gasteiger partial charge is 0.317 e. The molecule has 3 heteroatoms. The predicted octanol–water partition coefficient (Wildman–Crippen LogP) is 3.46. The number of benzene rings is 1. The highest BCUT2D eigenvalue weighted by Crippen LogP contribution is 2.23. The summed E-state index contributed by atoms with van der Waals surface area (Å²) in [5, 5.41) is 3.25. The van der Waals surface area contributed by atoms with Crippen molar-refractivity contribution in [3.63, 3.8) is 0 Å². The molecule has 1 nitrogen and oxygen atoms in total. The van der Waals surface area contributed by atoms with Gasteiger partial charge >= 0.3 is 0 Å². The molecule has 90 valence electrons. The summed E-state index contributed by atoms with van der Waals surface area (Å²) >= 11 is 0. The van der Waals surface area contributed by atoms with Gasteiger partial charge in [-0.25, -0.2) is 8.78 Å². The predicted molar refractivity (Wildman–Crippen MR) is 62.6 cm³/mol. The second-order valence-corrected chi connectivity index (χ2v) is 4.08. The van der Waals surface area contributed by atoms with Gasteiger partial charge in [0.15, 0.2) is 11.6 Å². The van der Waals surface area contributed by atoms with Gasteiger partial charge in [-0.05, 0) is 43.5 Å². The molecule has 0 aliphatic heterocycles. The third-order valence-corrected chi connectivity index (χ3v) is 2.69. The molecule has 1 aromatic rings. The molecule has 1 aromatic carbocycles. The van der Waals surface area contributed by atoms with Crippen molar-refractivity contribution in [3.8, 4) is 0 Å². The molecule has 0 saturated heterocycles. The average Bonchev–Trinajstić information content (AvgIpc) is 2.28. The van der Waals surface area contributed by atoms with E-state index in [0.29, 0.717) is 5.56 Å². The highest BCUT2D eigenvalue weighted by atomic mass is 19.2. The Balaban J connectivity index is 2.52. The van der Waals surface area contributed by atoms with Crippen LogP contribution in [-0.4, -0.2) is 13.1 Å². The fourth-order valence-corrected chi connectivity index (χ4v) is 1.68. The zero-order valence-electron chi connectivity index (χ0n) is 9.89. The number of hydrogen-bond acceptors (Lipinski definition) is 1. The van der Waals surface area contributed by atoms with E-state index >= 15 is 0 Å². The zero-order valence-corrected chi connectivity index (χ0v) is 9.89. The fraction of sp³-hybridized carbons (Fsp3) is 0.538. The minimum absolute atomic E-state index is 0.0417. The van der Waals surface area contributed by atoms with Gasteiger partial charge in [-0.2, -0.15) is 0 Å². The molecule has 0 saturated carbocycles. The SMILES string of the molecule is CCCNCCC(C)c1cccc(F)c1F. The molecular formula is C13H19F2N. The maximum Gasteiger partial charge on any atom is 0.162 e. The van der Waals surface area contributed by atoms with E-state index in [4.69, 9.17) is 0 Å². The van der Waals surface area contributed by atoms with Crippen molar-refractivity contribution in [3.05, 3.63) is 35.4 Å². The van der Waals surface area contributed by atoms with Crippen LogP contribution in [0, 0.1) is 11.6 Å². The third-order valence-electron chi connectivity index (χ3n) is 2.69. The van der Waals surface area contributed by atoms with Crippen molar-refractivity contribution in [2.45, 2.75) is 32.6 Å². The van der Waals surface area contributed by atoms with Gasteiger partial charge in [-0.3, -0.25) is 0 Å². The lowest BCUT2D eigenvalue weighted by atomic mass is 9.97. The minimum atomic E-state index is -0.758. The second-order valence-electron chi connectivity index (χ2n) is 4.08. The molecule has 0 amide bonds. The van der Waals surface area contributed by atoms with Crippen LogP contribution >= 0.6 is 0 Å². The quantitative estimate of drug-likeness (QED) is 0.734. The first-order valence-corrected chi connectivity index (χ1v) is 5.81. The first-order chi connectivity index (χ1) is 7.66. The maximum absolute atomic E-state index is 13.4. The molecule has 0 aliphatic rings. The molecule has 1 atom stereocenters. The molecule has 1 unspecified atom stereocenters. The van der Waals surface area contributed by atoms with E-state index in [1.165, 1.54) is 0 Å². The number of hydrogen-bond donors (Lipinski definition) is 1. The van der Waals surface area contributed by atoms with Crippen LogP contribution in [0.2, 0.25) is 0 Å². The Morgan fingerprint density at radius 1 is 1.25 bits per heavy atom. The molecule has 0 heterocycles. The first-order valence-electron chi connectivity index (χ1n) is 5.81. The van der Waals surface area contributed by atoms with Gasteiger partial charge in [-0.1, -0.05) is 26.0 Å². The Morgan fingerprint density at radius 3 is 2.69 bits per heavy atom. The molecule has 0 fully saturated rings. The van der Waals surface area contributed by atoms with Gasteiger partial charge < -0.3 is 5.32 Å². The van der Waals surface area contributed by atoms with Crippen LogP contribution in [0.5, 0.6) is 0 Å². The summed E-state index contributed by atoms with van der Waals surface area (Å²) in [5.74, 6) is -1.42. The van der Waals surface area contributed by atoms with Crippen molar-refractivity contribution in [1.82, 2.24) is 5.32 Å². The lowest BCUT2D eigenvalue weighted by Gasteiger charge is -2.13. The Morgan fingerprint density at radius 2 is 2.00 bits per heavy atom. The van der Waals surface area contributed by atoms with Crippen LogP contribution in [0.4, 0.5) is 8.78 Å². The van der Waals surface area contributed by atoms with E-state index in [1.54, 1.807) is 12.1 Å². The van der Waals surface area contributed by atoms with E-state index in [1.807, 2.05) is 6.92 Å². The highest BCUT2D eigenvalue weighted by molar-refractivity contribution is 5.22. The third kappa shape index (κ3) is 3.56. The minimum Gasteiger partial charge on any atom is -0.317 e. The molecule has 0 aromatic heterocycles. The Hall–Kier alpha value is -0.960. The van der Waals surface area contributed by atoms with E-state index in [0.717, 1.165) is 32.0 Å². The van der Waals surface area contributed by atoms with Gasteiger partial charge in [-0.15, -0.1) is 0 Å². The van der Waals surface area contributed by atoms with Crippen LogP contribution in [0.25, 0.3) is 0 Å². The van der Waals surface area contributed by atoms with E-state index in [-0.39, 0.29) is 5.92 Å². The van der Waals surface area contributed by atoms with Gasteiger partial charge in [0.2, 0.25) is 0 Å². The summed E-state index contributed by atoms with van der Waals surface area (Å²) in [7, 11) is 0. The van der Waals surface area contributed by atoms with Crippen LogP contribution in [0.3, 0.4) is 0 Å². The van der Waals surface area contributed by atoms with Gasteiger partial charge in [0.05, 0.1) is 0 Å². The molecule has 1 N–H and O–H groups in total. The Labute approximate surface area is 95.9 Å². The van der Waals surface area contributed by atoms with Crippen LogP contribution in [0.15, 0.2) is 18.2 Å². The summed E-state index contributed by atoms with van der Waals surface area (Å²) in [4.78, 5) is 0. The van der Waals surface area contributed by atoms with Crippen molar-refractivity contribution < 1.29 is 8.78 Å². The second kappa shape index (κ2) is 6.59. The average molecular weight is 227 g/mol. The number of nitrogens with one attached hydrogen (secondary N) is 1. The van der Waals surface area contributed by atoms with Gasteiger partial charge in [0.25, 0.3) is 0 Å². The number of halogens is 2. The van der Waals surface area contributed by atoms with Crippen LogP contribution < -0.4 is 5.32 Å². The zero-order chi connectivity index (χ0) is 12.0. The summed E-state index contributed by atoms with van der Waals surface area (Å²) < 4.78 is 26.4. The summed E-state index contributed by atoms with van der Waals surface area (Å²) in [6.45, 7) is 5.83. The summed E-state index contributed by atoms with van der Waals surface area (Å²) in [6, 6.07) is 4.37. The van der Waals surface area contributed by atoms with Gasteiger partial charge in [0.1, 0.15) is 0 Å². The van der Waals surface area contributed by atoms with E-state index < -0.39 is 11.6 Å². The van der Waals surface area contributed by atoms with Crippen molar-refractivity contribution in [2.75, 3.05) is 13.1 Å². The number of rotatable bonds is 6. The Bertz CT molecular complexity index is 326. The molecular weight excluding hydrogens is 208 g/mol. The molecule has 0 spiro atoms. The molecule has 0 aliphatic carbocycles. The highest BCUT2D eigenvalue weighted by Gasteiger charge is 2.13. The normalized spacial score (nSPS) is 12.8. The van der Waals surface area contributed by atoms with Crippen molar-refractivity contribution in [1.29, 1.82) is 0 Å². The lowest BCUT2D eigenvalue weighted by Crippen LogP contribution is -2.18. The van der Waals surface area contributed by atoms with Crippen molar-refractivity contribution in [2.24, 2.45) is 0 Å². The smallest absolute Gasteiger partial charge is 0.162 e. The lowest BCUT2D eigenvalue weighted by molar-refractivity contribution is 0.483. The summed E-state index contributed by atoms with van der Waals surface area (Å²) in [5.41, 5.74) is 0.471. The van der Waals surface area contributed by atoms with Crippen molar-refractivity contribution >= 4 is 0 Å². The molecule has 0 bridgehead atoms. The fourth-order valence-electron chi connectivity index (χ4n) is 1.68. The topological polar surface area (TPSA) is 12.0 Å². The standard InChI is InChI=1S/C13H19F2N/c1-3-8-16-9-7-10(2)11-5-4-6-12(14)13(11)15/h4-6,10,16H,3,7-9H2,1-2H3. The van der Waals surface area contributed by atoms with Crippen LogP contribution in [0.1, 0.15) is 38.2 Å². The summed E-state index contributed by atoms with van der Waals surface area (Å²) in [6.07, 6.45) is 1.91. The first kappa shape index (κ1) is 13.1. The molecule has 16 heavy (non-hydrogen) atoms. The Kier molecular flexibility index (Phi) is 5.39.